The highest BCUT2D eigenvalue weighted by atomic mass is 32.2. The van der Waals surface area contributed by atoms with E-state index in [0.717, 1.165) is 42.7 Å². The quantitative estimate of drug-likeness (QED) is 0.368. The van der Waals surface area contributed by atoms with Gasteiger partial charge < -0.3 is 8.98 Å². The molecule has 1 aromatic carbocycles. The fourth-order valence-corrected chi connectivity index (χ4v) is 6.22. The number of piperidine rings is 1. The second-order valence-corrected chi connectivity index (χ2v) is 10.3. The summed E-state index contributed by atoms with van der Waals surface area (Å²) in [6.07, 6.45) is 4.14. The molecule has 0 radical (unpaired) electrons. The summed E-state index contributed by atoms with van der Waals surface area (Å²) < 4.78 is 34.5. The van der Waals surface area contributed by atoms with Crippen LogP contribution in [0.5, 0.6) is 0 Å². The molecule has 0 atom stereocenters. The van der Waals surface area contributed by atoms with Gasteiger partial charge in [-0.05, 0) is 56.7 Å². The number of rotatable bonds is 7. The first-order valence-electron chi connectivity index (χ1n) is 10.3. The summed E-state index contributed by atoms with van der Waals surface area (Å²) in [7, 11) is -3.77. The fraction of sp³-hybridized carbons (Fsp3) is 0.400. The number of benzene rings is 1. The SMILES string of the molecule is CCn1c(Sc2ccc(S(=O)(=O)N3CCCCC3)cc2[N+](=O)[O-])nnc1-c1ccoc1C. The summed E-state index contributed by atoms with van der Waals surface area (Å²) in [4.78, 5) is 11.5. The molecule has 2 aromatic heterocycles. The van der Waals surface area contributed by atoms with Crippen molar-refractivity contribution in [1.82, 2.24) is 19.1 Å². The molecule has 1 fully saturated rings. The van der Waals surface area contributed by atoms with Gasteiger partial charge >= 0.3 is 0 Å². The molecule has 3 heterocycles. The van der Waals surface area contributed by atoms with Crippen LogP contribution in [0.1, 0.15) is 31.9 Å². The van der Waals surface area contributed by atoms with Gasteiger partial charge in [-0.1, -0.05) is 6.42 Å². The molecule has 0 unspecified atom stereocenters. The molecule has 3 aromatic rings. The monoisotopic (exact) mass is 477 g/mol. The minimum Gasteiger partial charge on any atom is -0.469 e. The maximum Gasteiger partial charge on any atom is 0.284 e. The smallest absolute Gasteiger partial charge is 0.284 e. The predicted octanol–water partition coefficient (Wildman–Crippen LogP) is 4.10. The van der Waals surface area contributed by atoms with E-state index < -0.39 is 14.9 Å². The number of nitro groups is 1. The van der Waals surface area contributed by atoms with Crippen molar-refractivity contribution in [2.75, 3.05) is 13.1 Å². The van der Waals surface area contributed by atoms with Gasteiger partial charge in [0.15, 0.2) is 11.0 Å². The standard InChI is InChI=1S/C20H23N5O5S2/c1-3-24-19(16-9-12-30-14(16)2)21-22-20(24)31-18-8-7-15(13-17(18)25(26)27)32(28,29)23-10-5-4-6-11-23/h7-9,12-13H,3-6,10-11H2,1-2H3. The Bertz CT molecular complexity index is 1250. The topological polar surface area (TPSA) is 124 Å². The maximum absolute atomic E-state index is 13.0. The van der Waals surface area contributed by atoms with E-state index in [1.165, 1.54) is 16.4 Å². The Morgan fingerprint density at radius 3 is 2.56 bits per heavy atom. The van der Waals surface area contributed by atoms with E-state index in [1.54, 1.807) is 12.3 Å². The van der Waals surface area contributed by atoms with E-state index in [9.17, 15) is 18.5 Å². The van der Waals surface area contributed by atoms with Crippen LogP contribution in [0.15, 0.2) is 49.9 Å². The second kappa shape index (κ2) is 9.04. The van der Waals surface area contributed by atoms with Crippen molar-refractivity contribution in [3.05, 3.63) is 46.4 Å². The van der Waals surface area contributed by atoms with Gasteiger partial charge in [-0.25, -0.2) is 8.42 Å². The molecule has 12 heteroatoms. The lowest BCUT2D eigenvalue weighted by molar-refractivity contribution is -0.388. The summed E-state index contributed by atoms with van der Waals surface area (Å²) in [6.45, 7) is 5.16. The molecule has 4 rings (SSSR count). The average molecular weight is 478 g/mol. The predicted molar refractivity (Wildman–Crippen MR) is 118 cm³/mol. The molecule has 0 N–H and O–H groups in total. The Labute approximate surface area is 189 Å². The van der Waals surface area contributed by atoms with Crippen molar-refractivity contribution >= 4 is 27.5 Å². The first-order chi connectivity index (χ1) is 15.3. The Morgan fingerprint density at radius 2 is 1.94 bits per heavy atom. The van der Waals surface area contributed by atoms with Crippen molar-refractivity contribution in [3.63, 3.8) is 0 Å². The molecule has 32 heavy (non-hydrogen) atoms. The minimum atomic E-state index is -3.77. The molecule has 0 saturated carbocycles. The zero-order chi connectivity index (χ0) is 22.9. The first-order valence-corrected chi connectivity index (χ1v) is 12.5. The van der Waals surface area contributed by atoms with E-state index in [4.69, 9.17) is 4.42 Å². The molecule has 0 bridgehead atoms. The van der Waals surface area contributed by atoms with Crippen molar-refractivity contribution in [2.24, 2.45) is 0 Å². The number of hydrogen-bond donors (Lipinski definition) is 0. The Morgan fingerprint density at radius 1 is 1.19 bits per heavy atom. The zero-order valence-corrected chi connectivity index (χ0v) is 19.4. The zero-order valence-electron chi connectivity index (χ0n) is 17.7. The number of hydrogen-bond acceptors (Lipinski definition) is 8. The average Bonchev–Trinajstić information content (AvgIpc) is 3.39. The molecule has 0 amide bonds. The summed E-state index contributed by atoms with van der Waals surface area (Å²) in [6, 6.07) is 5.83. The van der Waals surface area contributed by atoms with Crippen LogP contribution in [0.4, 0.5) is 5.69 Å². The highest BCUT2D eigenvalue weighted by molar-refractivity contribution is 7.99. The molecule has 1 aliphatic rings. The normalized spacial score (nSPS) is 15.2. The number of aromatic nitrogens is 3. The molecule has 1 aliphatic heterocycles. The van der Waals surface area contributed by atoms with Crippen LogP contribution in [0.25, 0.3) is 11.4 Å². The van der Waals surface area contributed by atoms with Gasteiger partial charge in [-0.3, -0.25) is 10.1 Å². The van der Waals surface area contributed by atoms with Crippen LogP contribution >= 0.6 is 11.8 Å². The van der Waals surface area contributed by atoms with E-state index in [0.29, 0.717) is 41.3 Å². The van der Waals surface area contributed by atoms with Crippen LogP contribution in [0.3, 0.4) is 0 Å². The van der Waals surface area contributed by atoms with Gasteiger partial charge in [-0.15, -0.1) is 10.2 Å². The second-order valence-electron chi connectivity index (χ2n) is 7.39. The number of furan rings is 1. The first kappa shape index (κ1) is 22.5. The number of nitrogens with zero attached hydrogens (tertiary/aromatic N) is 5. The Kier molecular flexibility index (Phi) is 6.35. The van der Waals surface area contributed by atoms with Gasteiger partial charge in [-0.2, -0.15) is 4.31 Å². The summed E-state index contributed by atoms with van der Waals surface area (Å²) >= 11 is 1.08. The van der Waals surface area contributed by atoms with Gasteiger partial charge in [0.05, 0.1) is 26.5 Å². The maximum atomic E-state index is 13.0. The van der Waals surface area contributed by atoms with Crippen molar-refractivity contribution in [1.29, 1.82) is 0 Å². The van der Waals surface area contributed by atoms with E-state index in [2.05, 4.69) is 10.2 Å². The van der Waals surface area contributed by atoms with Crippen molar-refractivity contribution in [3.8, 4) is 11.4 Å². The minimum absolute atomic E-state index is 0.0675. The highest BCUT2D eigenvalue weighted by Gasteiger charge is 2.29. The van der Waals surface area contributed by atoms with Crippen LogP contribution in [0, 0.1) is 17.0 Å². The Hall–Kier alpha value is -2.70. The number of nitro benzene ring substituents is 1. The molecular weight excluding hydrogens is 454 g/mol. The highest BCUT2D eigenvalue weighted by Crippen LogP contribution is 2.37. The van der Waals surface area contributed by atoms with E-state index >= 15 is 0 Å². The number of sulfonamides is 1. The van der Waals surface area contributed by atoms with Crippen LogP contribution in [0.2, 0.25) is 0 Å². The van der Waals surface area contributed by atoms with E-state index in [1.807, 2.05) is 18.4 Å². The van der Waals surface area contributed by atoms with Crippen LogP contribution in [-0.2, 0) is 16.6 Å². The third-order valence-corrected chi connectivity index (χ3v) is 8.36. The van der Waals surface area contributed by atoms with Crippen LogP contribution < -0.4 is 0 Å². The molecule has 10 nitrogen and oxygen atoms in total. The summed E-state index contributed by atoms with van der Waals surface area (Å²) in [5.41, 5.74) is 0.517. The number of aryl methyl sites for hydroxylation is 1. The van der Waals surface area contributed by atoms with Gasteiger partial charge in [0, 0.05) is 25.7 Å². The Balaban J connectivity index is 1.69. The molecule has 0 spiro atoms. The van der Waals surface area contributed by atoms with Gasteiger partial charge in [0.1, 0.15) is 5.76 Å². The third kappa shape index (κ3) is 4.17. The van der Waals surface area contributed by atoms with Crippen LogP contribution in [-0.4, -0.2) is 45.5 Å². The molecule has 1 saturated heterocycles. The van der Waals surface area contributed by atoms with Gasteiger partial charge in [0.2, 0.25) is 10.0 Å². The van der Waals surface area contributed by atoms with Gasteiger partial charge in [0.25, 0.3) is 5.69 Å². The van der Waals surface area contributed by atoms with Crippen molar-refractivity contribution in [2.45, 2.75) is 54.6 Å². The fourth-order valence-electron chi connectivity index (χ4n) is 3.70. The summed E-state index contributed by atoms with van der Waals surface area (Å²) in [5, 5.41) is 20.7. The molecule has 170 valence electrons. The lowest BCUT2D eigenvalue weighted by atomic mass is 10.2. The molecular formula is C20H23N5O5S2. The van der Waals surface area contributed by atoms with Crippen molar-refractivity contribution < 1.29 is 17.8 Å². The third-order valence-electron chi connectivity index (χ3n) is 5.41. The largest absolute Gasteiger partial charge is 0.469 e. The molecule has 0 aliphatic carbocycles. The lowest BCUT2D eigenvalue weighted by Crippen LogP contribution is -2.35. The lowest BCUT2D eigenvalue weighted by Gasteiger charge is -2.25. The van der Waals surface area contributed by atoms with E-state index in [-0.39, 0.29) is 10.6 Å². The summed E-state index contributed by atoms with van der Waals surface area (Å²) in [5.74, 6) is 1.30.